The molecule has 0 aliphatic carbocycles. The molecule has 1 unspecified atom stereocenters. The molecule has 1 atom stereocenters. The number of likely N-dealkylation sites (tertiary alicyclic amines) is 1. The predicted molar refractivity (Wildman–Crippen MR) is 84.2 cm³/mol. The summed E-state index contributed by atoms with van der Waals surface area (Å²) in [6, 6.07) is 9.66. The summed E-state index contributed by atoms with van der Waals surface area (Å²) in [5, 5.41) is 0. The monoisotopic (exact) mass is 311 g/mol. The topological polar surface area (TPSA) is 51.9 Å². The summed E-state index contributed by atoms with van der Waals surface area (Å²) in [6.45, 7) is 1.77. The van der Waals surface area contributed by atoms with Crippen molar-refractivity contribution in [2.45, 2.75) is 12.3 Å². The quantitative estimate of drug-likeness (QED) is 0.818. The van der Waals surface area contributed by atoms with E-state index in [0.717, 1.165) is 31.0 Å². The highest BCUT2D eigenvalue weighted by Crippen LogP contribution is 2.37. The maximum absolute atomic E-state index is 12.3. The van der Waals surface area contributed by atoms with Crippen LogP contribution in [0, 0.1) is 0 Å². The Kier molecular flexibility index (Phi) is 3.54. The van der Waals surface area contributed by atoms with Crippen molar-refractivity contribution in [3.05, 3.63) is 54.0 Å². The number of hydrogen-bond acceptors (Lipinski definition) is 4. The van der Waals surface area contributed by atoms with E-state index in [0.29, 0.717) is 11.7 Å². The van der Waals surface area contributed by atoms with Crippen LogP contribution in [0.5, 0.6) is 11.5 Å². The van der Waals surface area contributed by atoms with E-state index in [4.69, 9.17) is 13.9 Å². The van der Waals surface area contributed by atoms with Crippen molar-refractivity contribution >= 4 is 12.0 Å². The predicted octanol–water partition coefficient (Wildman–Crippen LogP) is 3.04. The van der Waals surface area contributed by atoms with E-state index in [1.165, 1.54) is 5.56 Å². The molecule has 0 N–H and O–H groups in total. The smallest absolute Gasteiger partial charge is 0.246 e. The van der Waals surface area contributed by atoms with Crippen LogP contribution < -0.4 is 9.47 Å². The lowest BCUT2D eigenvalue weighted by Crippen LogP contribution is -2.26. The standard InChI is InChI=1S/C18H17NO4/c20-18(6-4-15-2-1-9-21-15)19-8-7-14(11-19)13-3-5-16-17(10-13)23-12-22-16/h1-6,9-10,14H,7-8,11-12H2/b6-4+. The summed E-state index contributed by atoms with van der Waals surface area (Å²) in [5.41, 5.74) is 1.19. The van der Waals surface area contributed by atoms with Crippen LogP contribution in [0.25, 0.3) is 6.08 Å². The molecular weight excluding hydrogens is 294 g/mol. The van der Waals surface area contributed by atoms with E-state index < -0.39 is 0 Å². The molecule has 4 rings (SSSR count). The maximum atomic E-state index is 12.3. The first-order chi connectivity index (χ1) is 11.3. The van der Waals surface area contributed by atoms with E-state index in [-0.39, 0.29) is 12.7 Å². The lowest BCUT2D eigenvalue weighted by atomic mass is 9.98. The molecule has 0 saturated carbocycles. The molecule has 3 heterocycles. The van der Waals surface area contributed by atoms with Gasteiger partial charge in [-0.05, 0) is 42.3 Å². The lowest BCUT2D eigenvalue weighted by Gasteiger charge is -2.14. The molecule has 5 heteroatoms. The van der Waals surface area contributed by atoms with Gasteiger partial charge in [0.05, 0.1) is 6.26 Å². The molecule has 0 radical (unpaired) electrons. The number of furan rings is 1. The summed E-state index contributed by atoms with van der Waals surface area (Å²) < 4.78 is 16.0. The van der Waals surface area contributed by atoms with Crippen LogP contribution in [0.15, 0.2) is 47.1 Å². The second-order valence-electron chi connectivity index (χ2n) is 5.73. The molecule has 118 valence electrons. The second-order valence-corrected chi connectivity index (χ2v) is 5.73. The van der Waals surface area contributed by atoms with Crippen molar-refractivity contribution in [3.63, 3.8) is 0 Å². The number of ether oxygens (including phenoxy) is 2. The lowest BCUT2D eigenvalue weighted by molar-refractivity contribution is -0.124. The van der Waals surface area contributed by atoms with Gasteiger partial charge in [0.25, 0.3) is 0 Å². The number of rotatable bonds is 3. The van der Waals surface area contributed by atoms with E-state index in [1.54, 1.807) is 24.5 Å². The highest BCUT2D eigenvalue weighted by atomic mass is 16.7. The Bertz CT molecular complexity index is 735. The molecule has 5 nitrogen and oxygen atoms in total. The first kappa shape index (κ1) is 13.9. The molecule has 2 aliphatic rings. The zero-order chi connectivity index (χ0) is 15.6. The van der Waals surface area contributed by atoms with Crippen LogP contribution in [-0.2, 0) is 4.79 Å². The van der Waals surface area contributed by atoms with E-state index in [2.05, 4.69) is 6.07 Å². The van der Waals surface area contributed by atoms with Gasteiger partial charge in [-0.3, -0.25) is 4.79 Å². The summed E-state index contributed by atoms with van der Waals surface area (Å²) in [7, 11) is 0. The minimum atomic E-state index is 0.0182. The molecule has 0 spiro atoms. The van der Waals surface area contributed by atoms with Gasteiger partial charge in [0, 0.05) is 25.1 Å². The average Bonchev–Trinajstić information content (AvgIpc) is 3.32. The van der Waals surface area contributed by atoms with E-state index in [9.17, 15) is 4.79 Å². The number of carbonyl (C=O) groups is 1. The minimum absolute atomic E-state index is 0.0182. The largest absolute Gasteiger partial charge is 0.465 e. The van der Waals surface area contributed by atoms with E-state index >= 15 is 0 Å². The number of fused-ring (bicyclic) bond motifs is 1. The fourth-order valence-corrected chi connectivity index (χ4v) is 3.04. The zero-order valence-electron chi connectivity index (χ0n) is 12.6. The Morgan fingerprint density at radius 3 is 3.00 bits per heavy atom. The second kappa shape index (κ2) is 5.83. The van der Waals surface area contributed by atoms with Crippen molar-refractivity contribution in [2.75, 3.05) is 19.9 Å². The van der Waals surface area contributed by atoms with Crippen molar-refractivity contribution < 1.29 is 18.7 Å². The van der Waals surface area contributed by atoms with Gasteiger partial charge in [0.2, 0.25) is 12.7 Å². The van der Waals surface area contributed by atoms with Crippen LogP contribution in [0.4, 0.5) is 0 Å². The number of amides is 1. The van der Waals surface area contributed by atoms with Crippen LogP contribution in [0.1, 0.15) is 23.7 Å². The van der Waals surface area contributed by atoms with Gasteiger partial charge in [0.1, 0.15) is 5.76 Å². The number of carbonyl (C=O) groups excluding carboxylic acids is 1. The molecule has 0 bridgehead atoms. The average molecular weight is 311 g/mol. The van der Waals surface area contributed by atoms with Crippen LogP contribution >= 0.6 is 0 Å². The van der Waals surface area contributed by atoms with Gasteiger partial charge in [-0.2, -0.15) is 0 Å². The molecule has 23 heavy (non-hydrogen) atoms. The Balaban J connectivity index is 1.41. The zero-order valence-corrected chi connectivity index (χ0v) is 12.6. The third-order valence-electron chi connectivity index (χ3n) is 4.30. The first-order valence-electron chi connectivity index (χ1n) is 7.69. The third-order valence-corrected chi connectivity index (χ3v) is 4.30. The van der Waals surface area contributed by atoms with Gasteiger partial charge in [0.15, 0.2) is 11.5 Å². The molecule has 1 saturated heterocycles. The van der Waals surface area contributed by atoms with E-state index in [1.807, 2.05) is 23.1 Å². The Labute approximate surface area is 134 Å². The molecule has 2 aliphatic heterocycles. The normalized spacial score (nSPS) is 19.7. The summed E-state index contributed by atoms with van der Waals surface area (Å²) in [5.74, 6) is 2.63. The third kappa shape index (κ3) is 2.82. The van der Waals surface area contributed by atoms with Gasteiger partial charge in [-0.15, -0.1) is 0 Å². The summed E-state index contributed by atoms with van der Waals surface area (Å²) >= 11 is 0. The highest BCUT2D eigenvalue weighted by molar-refractivity contribution is 5.91. The minimum Gasteiger partial charge on any atom is -0.465 e. The van der Waals surface area contributed by atoms with Crippen molar-refractivity contribution in [1.82, 2.24) is 4.90 Å². The fraction of sp³-hybridized carbons (Fsp3) is 0.278. The highest BCUT2D eigenvalue weighted by Gasteiger charge is 2.27. The van der Waals surface area contributed by atoms with Crippen LogP contribution in [0.3, 0.4) is 0 Å². The number of nitrogens with zero attached hydrogens (tertiary/aromatic N) is 1. The summed E-state index contributed by atoms with van der Waals surface area (Å²) in [4.78, 5) is 14.1. The van der Waals surface area contributed by atoms with Crippen LogP contribution in [0.2, 0.25) is 0 Å². The van der Waals surface area contributed by atoms with Crippen molar-refractivity contribution in [2.24, 2.45) is 0 Å². The number of benzene rings is 1. The van der Waals surface area contributed by atoms with Gasteiger partial charge in [-0.25, -0.2) is 0 Å². The maximum Gasteiger partial charge on any atom is 0.246 e. The molecule has 2 aromatic rings. The van der Waals surface area contributed by atoms with Crippen LogP contribution in [-0.4, -0.2) is 30.7 Å². The Hall–Kier alpha value is -2.69. The SMILES string of the molecule is O=C(/C=C/c1ccco1)N1CCC(c2ccc3c(c2)OCO3)C1. The Morgan fingerprint density at radius 1 is 1.22 bits per heavy atom. The van der Waals surface area contributed by atoms with Gasteiger partial charge in [-0.1, -0.05) is 6.07 Å². The summed E-state index contributed by atoms with van der Waals surface area (Å²) in [6.07, 6.45) is 5.83. The molecule has 1 fully saturated rings. The Morgan fingerprint density at radius 2 is 2.13 bits per heavy atom. The van der Waals surface area contributed by atoms with Crippen molar-refractivity contribution in [1.29, 1.82) is 0 Å². The molecule has 1 aromatic heterocycles. The van der Waals surface area contributed by atoms with Gasteiger partial charge < -0.3 is 18.8 Å². The van der Waals surface area contributed by atoms with Gasteiger partial charge >= 0.3 is 0 Å². The fourth-order valence-electron chi connectivity index (χ4n) is 3.04. The molecule has 1 amide bonds. The molecular formula is C18H17NO4. The molecule has 1 aromatic carbocycles. The van der Waals surface area contributed by atoms with Crippen molar-refractivity contribution in [3.8, 4) is 11.5 Å². The first-order valence-corrected chi connectivity index (χ1v) is 7.69. The number of hydrogen-bond donors (Lipinski definition) is 0.